The normalized spacial score (nSPS) is 13.8. The predicted molar refractivity (Wildman–Crippen MR) is 128 cm³/mol. The van der Waals surface area contributed by atoms with E-state index in [1.807, 2.05) is 18.2 Å². The van der Waals surface area contributed by atoms with Crippen molar-refractivity contribution in [3.8, 4) is 11.4 Å². The van der Waals surface area contributed by atoms with Crippen molar-refractivity contribution in [1.82, 2.24) is 14.8 Å². The van der Waals surface area contributed by atoms with Crippen LogP contribution in [-0.2, 0) is 11.0 Å². The SMILES string of the molecule is Cc1cc(O)ccc1NC(=O)CSc1nnc(C(F)(F)F)n1-c1ccc(C2CC2)c2ccccc12. The van der Waals surface area contributed by atoms with Crippen LogP contribution < -0.4 is 5.32 Å². The number of carbonyl (C=O) groups excluding carboxylic acids is 1. The highest BCUT2D eigenvalue weighted by Gasteiger charge is 2.39. The Balaban J connectivity index is 1.49. The summed E-state index contributed by atoms with van der Waals surface area (Å²) in [6.07, 6.45) is -2.59. The molecule has 3 aromatic carbocycles. The first-order chi connectivity index (χ1) is 16.7. The molecule has 0 saturated heterocycles. The summed E-state index contributed by atoms with van der Waals surface area (Å²) < 4.78 is 42.7. The highest BCUT2D eigenvalue weighted by molar-refractivity contribution is 7.99. The molecule has 0 atom stereocenters. The zero-order valence-electron chi connectivity index (χ0n) is 18.6. The Labute approximate surface area is 203 Å². The molecule has 180 valence electrons. The minimum atomic E-state index is -4.73. The van der Waals surface area contributed by atoms with Crippen LogP contribution in [0.4, 0.5) is 18.9 Å². The summed E-state index contributed by atoms with van der Waals surface area (Å²) in [5.74, 6) is -1.23. The number of fused-ring (bicyclic) bond motifs is 1. The quantitative estimate of drug-likeness (QED) is 0.250. The standard InChI is InChI=1S/C25H21F3N4O2S/c1-14-12-16(33)8-10-20(14)29-22(34)13-35-24-31-30-23(25(26,27)28)32(24)21-11-9-17(15-6-7-15)18-4-2-3-5-19(18)21/h2-5,8-12,15,33H,6-7,13H2,1H3,(H,29,34). The zero-order chi connectivity index (χ0) is 24.7. The molecule has 1 heterocycles. The largest absolute Gasteiger partial charge is 0.508 e. The number of amides is 1. The number of nitrogens with one attached hydrogen (secondary N) is 1. The van der Waals surface area contributed by atoms with Gasteiger partial charge in [-0.3, -0.25) is 9.36 Å². The summed E-state index contributed by atoms with van der Waals surface area (Å²) in [5.41, 5.74) is 2.61. The Bertz CT molecular complexity index is 1430. The van der Waals surface area contributed by atoms with E-state index < -0.39 is 17.9 Å². The second kappa shape index (κ2) is 8.92. The Morgan fingerprint density at radius 3 is 2.54 bits per heavy atom. The fourth-order valence-corrected chi connectivity index (χ4v) is 4.87. The van der Waals surface area contributed by atoms with E-state index in [9.17, 15) is 23.1 Å². The van der Waals surface area contributed by atoms with Gasteiger partial charge in [-0.15, -0.1) is 10.2 Å². The topological polar surface area (TPSA) is 80.0 Å². The molecule has 35 heavy (non-hydrogen) atoms. The fraction of sp³-hybridized carbons (Fsp3) is 0.240. The average molecular weight is 499 g/mol. The molecule has 6 nitrogen and oxygen atoms in total. The highest BCUT2D eigenvalue weighted by atomic mass is 32.2. The number of halogens is 3. The number of aromatic nitrogens is 3. The maximum absolute atomic E-state index is 13.9. The lowest BCUT2D eigenvalue weighted by Crippen LogP contribution is -2.17. The summed E-state index contributed by atoms with van der Waals surface area (Å²) in [4.78, 5) is 12.5. The van der Waals surface area contributed by atoms with Crippen LogP contribution in [0.3, 0.4) is 0 Å². The van der Waals surface area contributed by atoms with Gasteiger partial charge in [0.05, 0.1) is 11.4 Å². The molecule has 1 aromatic heterocycles. The number of rotatable bonds is 6. The Kier molecular flexibility index (Phi) is 5.92. The van der Waals surface area contributed by atoms with Gasteiger partial charge in [-0.05, 0) is 66.5 Å². The Morgan fingerprint density at radius 2 is 1.86 bits per heavy atom. The van der Waals surface area contributed by atoms with Gasteiger partial charge in [0, 0.05) is 11.1 Å². The number of thioether (sulfide) groups is 1. The van der Waals surface area contributed by atoms with Gasteiger partial charge in [-0.2, -0.15) is 13.2 Å². The van der Waals surface area contributed by atoms with Crippen molar-refractivity contribution in [3.05, 3.63) is 71.5 Å². The minimum absolute atomic E-state index is 0.0285. The maximum atomic E-state index is 13.9. The summed E-state index contributed by atoms with van der Waals surface area (Å²) in [6, 6.07) is 15.5. The third kappa shape index (κ3) is 4.70. The van der Waals surface area contributed by atoms with Crippen LogP contribution in [0.5, 0.6) is 5.75 Å². The summed E-state index contributed by atoms with van der Waals surface area (Å²) in [6.45, 7) is 1.73. The van der Waals surface area contributed by atoms with Crippen molar-refractivity contribution >= 4 is 34.1 Å². The van der Waals surface area contributed by atoms with E-state index >= 15 is 0 Å². The van der Waals surface area contributed by atoms with Crippen LogP contribution >= 0.6 is 11.8 Å². The summed E-state index contributed by atoms with van der Waals surface area (Å²) in [5, 5.41) is 21.0. The van der Waals surface area contributed by atoms with Gasteiger partial charge in [0.25, 0.3) is 0 Å². The number of aromatic hydroxyl groups is 1. The molecule has 0 radical (unpaired) electrons. The van der Waals surface area contributed by atoms with Crippen LogP contribution in [0, 0.1) is 6.92 Å². The lowest BCUT2D eigenvalue weighted by Gasteiger charge is -2.16. The Hall–Kier alpha value is -3.53. The lowest BCUT2D eigenvalue weighted by molar-refractivity contribution is -0.146. The maximum Gasteiger partial charge on any atom is 0.452 e. The third-order valence-electron chi connectivity index (χ3n) is 5.90. The first-order valence-corrected chi connectivity index (χ1v) is 12.0. The van der Waals surface area contributed by atoms with Gasteiger partial charge in [0.15, 0.2) is 5.16 Å². The summed E-state index contributed by atoms with van der Waals surface area (Å²) in [7, 11) is 0. The van der Waals surface area contributed by atoms with E-state index in [1.165, 1.54) is 12.1 Å². The van der Waals surface area contributed by atoms with Gasteiger partial charge in [0.1, 0.15) is 5.75 Å². The summed E-state index contributed by atoms with van der Waals surface area (Å²) >= 11 is 0.875. The number of phenolic OH excluding ortho intramolecular Hbond substituents is 1. The van der Waals surface area contributed by atoms with Crippen molar-refractivity contribution < 1.29 is 23.1 Å². The second-order valence-corrected chi connectivity index (χ2v) is 9.41. The molecule has 5 rings (SSSR count). The molecule has 0 aliphatic heterocycles. The van der Waals surface area contributed by atoms with E-state index in [-0.39, 0.29) is 16.7 Å². The molecular weight excluding hydrogens is 477 g/mol. The number of carbonyl (C=O) groups is 1. The Morgan fingerprint density at radius 1 is 1.11 bits per heavy atom. The molecule has 1 amide bonds. The van der Waals surface area contributed by atoms with E-state index in [0.29, 0.717) is 28.2 Å². The molecule has 0 bridgehead atoms. The van der Waals surface area contributed by atoms with Crippen LogP contribution in [0.15, 0.2) is 59.8 Å². The molecule has 0 spiro atoms. The molecule has 2 N–H and O–H groups in total. The highest BCUT2D eigenvalue weighted by Crippen LogP contribution is 2.45. The van der Waals surface area contributed by atoms with Gasteiger partial charge in [0.2, 0.25) is 11.7 Å². The van der Waals surface area contributed by atoms with Crippen LogP contribution in [0.2, 0.25) is 0 Å². The fourth-order valence-electron chi connectivity index (χ4n) is 4.12. The van der Waals surface area contributed by atoms with Crippen molar-refractivity contribution in [2.75, 3.05) is 11.1 Å². The predicted octanol–water partition coefficient (Wildman–Crippen LogP) is 6.06. The number of benzene rings is 3. The van der Waals surface area contributed by atoms with Crippen molar-refractivity contribution in [1.29, 1.82) is 0 Å². The number of hydrogen-bond acceptors (Lipinski definition) is 5. The zero-order valence-corrected chi connectivity index (χ0v) is 19.5. The van der Waals surface area contributed by atoms with Crippen LogP contribution in [0.1, 0.15) is 35.7 Å². The monoisotopic (exact) mass is 498 g/mol. The first-order valence-electron chi connectivity index (χ1n) is 11.0. The lowest BCUT2D eigenvalue weighted by atomic mass is 9.99. The molecule has 1 saturated carbocycles. The van der Waals surface area contributed by atoms with E-state index in [2.05, 4.69) is 15.5 Å². The van der Waals surface area contributed by atoms with Gasteiger partial charge < -0.3 is 10.4 Å². The number of phenols is 1. The molecule has 1 aliphatic carbocycles. The number of anilines is 1. The van der Waals surface area contributed by atoms with Crippen molar-refractivity contribution in [2.24, 2.45) is 0 Å². The van der Waals surface area contributed by atoms with Gasteiger partial charge >= 0.3 is 6.18 Å². The smallest absolute Gasteiger partial charge is 0.452 e. The van der Waals surface area contributed by atoms with Crippen molar-refractivity contribution in [3.63, 3.8) is 0 Å². The first kappa shape index (κ1) is 23.2. The van der Waals surface area contributed by atoms with Gasteiger partial charge in [-0.25, -0.2) is 0 Å². The second-order valence-electron chi connectivity index (χ2n) is 8.47. The van der Waals surface area contributed by atoms with Crippen molar-refractivity contribution in [2.45, 2.75) is 37.0 Å². The molecule has 1 aliphatic rings. The minimum Gasteiger partial charge on any atom is -0.508 e. The van der Waals surface area contributed by atoms with E-state index in [1.54, 1.807) is 31.2 Å². The molecule has 10 heteroatoms. The average Bonchev–Trinajstić information content (AvgIpc) is 3.56. The molecule has 4 aromatic rings. The van der Waals surface area contributed by atoms with Crippen LogP contribution in [-0.4, -0.2) is 31.5 Å². The van der Waals surface area contributed by atoms with Crippen LogP contribution in [0.25, 0.3) is 16.5 Å². The van der Waals surface area contributed by atoms with E-state index in [0.717, 1.165) is 40.1 Å². The molecular formula is C25H21F3N4O2S. The number of nitrogens with zero attached hydrogens (tertiary/aromatic N) is 3. The molecule has 0 unspecified atom stereocenters. The molecule has 1 fully saturated rings. The number of aryl methyl sites for hydroxylation is 1. The number of hydrogen-bond donors (Lipinski definition) is 2. The van der Waals surface area contributed by atoms with E-state index in [4.69, 9.17) is 0 Å². The third-order valence-corrected chi connectivity index (χ3v) is 6.83. The van der Waals surface area contributed by atoms with Gasteiger partial charge in [-0.1, -0.05) is 42.1 Å². The number of alkyl halides is 3.